The maximum Gasteiger partial charge on any atom is 0.407 e. The molecule has 5 nitrogen and oxygen atoms in total. The highest BCUT2D eigenvalue weighted by Crippen LogP contribution is 2.41. The number of fused-ring (bicyclic) bond motifs is 1. The molecule has 0 aromatic carbocycles. The van der Waals surface area contributed by atoms with Gasteiger partial charge < -0.3 is 10.0 Å². The molecule has 2 aliphatic heterocycles. The summed E-state index contributed by atoms with van der Waals surface area (Å²) in [6, 6.07) is 4.13. The van der Waals surface area contributed by atoms with E-state index in [-0.39, 0.29) is 17.5 Å². The Morgan fingerprint density at radius 2 is 2.04 bits per heavy atom. The number of likely N-dealkylation sites (tertiary alicyclic amines) is 1. The molecule has 3 atom stereocenters. The summed E-state index contributed by atoms with van der Waals surface area (Å²) < 4.78 is 0.956. The lowest BCUT2D eigenvalue weighted by Crippen LogP contribution is -2.57. The summed E-state index contributed by atoms with van der Waals surface area (Å²) in [5, 5.41) is 9.80. The molecular weight excluding hydrogens is 358 g/mol. The third-order valence-corrected chi connectivity index (χ3v) is 5.64. The van der Waals surface area contributed by atoms with Gasteiger partial charge in [0.15, 0.2) is 0 Å². The summed E-state index contributed by atoms with van der Waals surface area (Å²) in [6.07, 6.45) is 3.04. The first kappa shape index (κ1) is 16.6. The van der Waals surface area contributed by atoms with Gasteiger partial charge in [0.1, 0.15) is 5.82 Å². The predicted octanol–water partition coefficient (Wildman–Crippen LogP) is 3.84. The van der Waals surface area contributed by atoms with E-state index in [1.807, 2.05) is 12.1 Å². The SMILES string of the molecule is CC(C)(C)C1CC[C@H]2CN(c3ccc(Br)cn3)C[C@H]2N1C(=O)O. The second kappa shape index (κ2) is 5.96. The lowest BCUT2D eigenvalue weighted by atomic mass is 9.76. The van der Waals surface area contributed by atoms with E-state index in [1.54, 1.807) is 11.1 Å². The number of pyridine rings is 1. The van der Waals surface area contributed by atoms with Crippen LogP contribution in [0.4, 0.5) is 10.6 Å². The van der Waals surface area contributed by atoms with Crippen molar-refractivity contribution in [1.82, 2.24) is 9.88 Å². The minimum atomic E-state index is -0.787. The molecule has 1 unspecified atom stereocenters. The third kappa shape index (κ3) is 3.18. The number of hydrogen-bond acceptors (Lipinski definition) is 3. The zero-order chi connectivity index (χ0) is 16.8. The van der Waals surface area contributed by atoms with Crippen LogP contribution in [0.25, 0.3) is 0 Å². The van der Waals surface area contributed by atoms with E-state index in [2.05, 4.69) is 46.6 Å². The van der Waals surface area contributed by atoms with Crippen molar-refractivity contribution >= 4 is 27.8 Å². The second-order valence-corrected chi connectivity index (χ2v) is 8.63. The number of piperidine rings is 1. The molecule has 1 N–H and O–H groups in total. The normalized spacial score (nSPS) is 27.9. The van der Waals surface area contributed by atoms with Crippen LogP contribution in [0.15, 0.2) is 22.8 Å². The van der Waals surface area contributed by atoms with E-state index in [0.717, 1.165) is 36.2 Å². The molecule has 0 radical (unpaired) electrons. The maximum atomic E-state index is 11.9. The summed E-state index contributed by atoms with van der Waals surface area (Å²) in [7, 11) is 0. The highest BCUT2D eigenvalue weighted by atomic mass is 79.9. The molecule has 2 saturated heterocycles. The molecule has 3 heterocycles. The number of rotatable bonds is 1. The molecule has 2 fully saturated rings. The molecular formula is C17H24BrN3O2. The van der Waals surface area contributed by atoms with Crippen LogP contribution in [-0.2, 0) is 0 Å². The fourth-order valence-electron chi connectivity index (χ4n) is 4.06. The van der Waals surface area contributed by atoms with Crippen LogP contribution in [0.2, 0.25) is 0 Å². The number of anilines is 1. The summed E-state index contributed by atoms with van der Waals surface area (Å²) in [4.78, 5) is 20.4. The third-order valence-electron chi connectivity index (χ3n) is 5.17. The van der Waals surface area contributed by atoms with Crippen molar-refractivity contribution in [3.63, 3.8) is 0 Å². The smallest absolute Gasteiger partial charge is 0.407 e. The Bertz CT molecular complexity index is 584. The van der Waals surface area contributed by atoms with Gasteiger partial charge in [0.25, 0.3) is 0 Å². The maximum absolute atomic E-state index is 11.9. The fraction of sp³-hybridized carbons (Fsp3) is 0.647. The highest BCUT2D eigenvalue weighted by Gasteiger charge is 2.48. The summed E-state index contributed by atoms with van der Waals surface area (Å²) >= 11 is 3.41. The average Bonchev–Trinajstić information content (AvgIpc) is 2.89. The average molecular weight is 382 g/mol. The van der Waals surface area contributed by atoms with Crippen molar-refractivity contribution in [3.8, 4) is 0 Å². The molecule has 1 aromatic rings. The van der Waals surface area contributed by atoms with Crippen LogP contribution in [-0.4, -0.2) is 46.3 Å². The number of nitrogens with zero attached hydrogens (tertiary/aromatic N) is 3. The Hall–Kier alpha value is -1.30. The van der Waals surface area contributed by atoms with Gasteiger partial charge in [0, 0.05) is 29.8 Å². The lowest BCUT2D eigenvalue weighted by Gasteiger charge is -2.47. The van der Waals surface area contributed by atoms with E-state index >= 15 is 0 Å². The van der Waals surface area contributed by atoms with Gasteiger partial charge in [-0.3, -0.25) is 4.90 Å². The van der Waals surface area contributed by atoms with Gasteiger partial charge in [-0.2, -0.15) is 0 Å². The minimum Gasteiger partial charge on any atom is -0.465 e. The molecule has 126 valence electrons. The Morgan fingerprint density at radius 1 is 1.30 bits per heavy atom. The van der Waals surface area contributed by atoms with Crippen molar-refractivity contribution < 1.29 is 9.90 Å². The van der Waals surface area contributed by atoms with Crippen molar-refractivity contribution in [2.45, 2.75) is 45.7 Å². The number of halogens is 1. The zero-order valence-corrected chi connectivity index (χ0v) is 15.5. The van der Waals surface area contributed by atoms with Crippen LogP contribution in [0.3, 0.4) is 0 Å². The lowest BCUT2D eigenvalue weighted by molar-refractivity contribution is 0.0149. The summed E-state index contributed by atoms with van der Waals surface area (Å²) in [5.74, 6) is 1.33. The highest BCUT2D eigenvalue weighted by molar-refractivity contribution is 9.10. The molecule has 6 heteroatoms. The van der Waals surface area contributed by atoms with Gasteiger partial charge in [-0.15, -0.1) is 0 Å². The van der Waals surface area contributed by atoms with Crippen molar-refractivity contribution in [2.75, 3.05) is 18.0 Å². The molecule has 1 aromatic heterocycles. The Morgan fingerprint density at radius 3 is 2.61 bits per heavy atom. The first-order valence-electron chi connectivity index (χ1n) is 8.15. The number of aromatic nitrogens is 1. The van der Waals surface area contributed by atoms with E-state index in [4.69, 9.17) is 0 Å². The van der Waals surface area contributed by atoms with Crippen LogP contribution in [0.5, 0.6) is 0 Å². The Labute approximate surface area is 145 Å². The standard InChI is InChI=1S/C17H24BrN3O2/c1-17(2,3)14-6-4-11-9-20(10-13(11)21(14)16(22)23)15-7-5-12(18)8-19-15/h5,7-8,11,13-14H,4,6,9-10H2,1-3H3,(H,22,23)/t11-,13+,14?/m0/s1. The number of carbonyl (C=O) groups is 1. The largest absolute Gasteiger partial charge is 0.465 e. The number of hydrogen-bond donors (Lipinski definition) is 1. The molecule has 2 aliphatic rings. The molecule has 0 spiro atoms. The Kier molecular flexibility index (Phi) is 4.29. The van der Waals surface area contributed by atoms with Crippen molar-refractivity contribution in [1.29, 1.82) is 0 Å². The number of carboxylic acid groups (broad SMARTS) is 1. The van der Waals surface area contributed by atoms with Crippen LogP contribution in [0, 0.1) is 11.3 Å². The van der Waals surface area contributed by atoms with Gasteiger partial charge in [0.2, 0.25) is 0 Å². The molecule has 0 saturated carbocycles. The van der Waals surface area contributed by atoms with E-state index in [1.165, 1.54) is 0 Å². The molecule has 3 rings (SSSR count). The second-order valence-electron chi connectivity index (χ2n) is 7.72. The quantitative estimate of drug-likeness (QED) is 0.802. The van der Waals surface area contributed by atoms with E-state index in [9.17, 15) is 9.90 Å². The van der Waals surface area contributed by atoms with E-state index in [0.29, 0.717) is 5.92 Å². The molecule has 1 amide bonds. The minimum absolute atomic E-state index is 0.0351. The van der Waals surface area contributed by atoms with Crippen molar-refractivity contribution in [3.05, 3.63) is 22.8 Å². The zero-order valence-electron chi connectivity index (χ0n) is 13.9. The fourth-order valence-corrected chi connectivity index (χ4v) is 4.30. The summed E-state index contributed by atoms with van der Waals surface area (Å²) in [6.45, 7) is 8.03. The van der Waals surface area contributed by atoms with Gasteiger partial charge in [-0.25, -0.2) is 9.78 Å². The molecule has 0 bridgehead atoms. The molecule has 0 aliphatic carbocycles. The van der Waals surface area contributed by atoms with Gasteiger partial charge >= 0.3 is 6.09 Å². The van der Waals surface area contributed by atoms with Gasteiger partial charge in [-0.05, 0) is 52.2 Å². The topological polar surface area (TPSA) is 56.7 Å². The predicted molar refractivity (Wildman–Crippen MR) is 93.8 cm³/mol. The summed E-state index contributed by atoms with van der Waals surface area (Å²) in [5.41, 5.74) is -0.0351. The van der Waals surface area contributed by atoms with Crippen LogP contribution >= 0.6 is 15.9 Å². The van der Waals surface area contributed by atoms with Crippen LogP contribution in [0.1, 0.15) is 33.6 Å². The monoisotopic (exact) mass is 381 g/mol. The van der Waals surface area contributed by atoms with E-state index < -0.39 is 6.09 Å². The first-order chi connectivity index (χ1) is 10.8. The van der Waals surface area contributed by atoms with Gasteiger partial charge in [-0.1, -0.05) is 20.8 Å². The first-order valence-corrected chi connectivity index (χ1v) is 8.94. The van der Waals surface area contributed by atoms with Crippen molar-refractivity contribution in [2.24, 2.45) is 11.3 Å². The Balaban J connectivity index is 1.83. The van der Waals surface area contributed by atoms with Crippen LogP contribution < -0.4 is 4.90 Å². The number of amides is 1. The van der Waals surface area contributed by atoms with Gasteiger partial charge in [0.05, 0.1) is 6.04 Å². The molecule has 23 heavy (non-hydrogen) atoms.